The Kier molecular flexibility index (Phi) is 5.33. The summed E-state index contributed by atoms with van der Waals surface area (Å²) < 4.78 is 81.7. The summed E-state index contributed by atoms with van der Waals surface area (Å²) in [5, 5.41) is 0. The normalized spacial score (nSPS) is 27.9. The van der Waals surface area contributed by atoms with Crippen LogP contribution >= 0.6 is 0 Å². The Morgan fingerprint density at radius 1 is 0.952 bits per heavy atom. The molecule has 0 radical (unpaired) electrons. The number of rotatable bonds is 2. The molecule has 0 bridgehead atoms. The highest BCUT2D eigenvalue weighted by Crippen LogP contribution is 2.47. The number of carbonyl (C=O) groups excluding carboxylic acids is 1. The van der Waals surface area contributed by atoms with Crippen LogP contribution in [0.5, 0.6) is 0 Å². The first kappa shape index (κ1) is 17.8. The van der Waals surface area contributed by atoms with E-state index in [2.05, 4.69) is 6.58 Å². The molecule has 2 nitrogen and oxygen atoms in total. The molecule has 1 saturated carbocycles. The Morgan fingerprint density at radius 3 is 1.62 bits per heavy atom. The molecule has 0 N–H and O–H groups in total. The SMILES string of the molecule is C=C(C)C(=O)OC1CCC(C(F)(F)F)C(C(F)(F)F)CC1. The summed E-state index contributed by atoms with van der Waals surface area (Å²) in [6.45, 7) is 4.68. The highest BCUT2D eigenvalue weighted by atomic mass is 19.4. The van der Waals surface area contributed by atoms with E-state index in [0.29, 0.717) is 0 Å². The van der Waals surface area contributed by atoms with Crippen LogP contribution in [0.2, 0.25) is 0 Å². The molecule has 0 aliphatic heterocycles. The molecular formula is C13H16F6O2. The van der Waals surface area contributed by atoms with Crippen LogP contribution in [0.15, 0.2) is 12.2 Å². The largest absolute Gasteiger partial charge is 0.459 e. The van der Waals surface area contributed by atoms with E-state index in [4.69, 9.17) is 4.74 Å². The predicted octanol–water partition coefficient (Wildman–Crippen LogP) is 4.41. The highest BCUT2D eigenvalue weighted by Gasteiger charge is 2.55. The summed E-state index contributed by atoms with van der Waals surface area (Å²) in [5.74, 6) is -5.70. The van der Waals surface area contributed by atoms with E-state index in [1.54, 1.807) is 0 Å². The van der Waals surface area contributed by atoms with E-state index in [1.165, 1.54) is 6.92 Å². The predicted molar refractivity (Wildman–Crippen MR) is 62.3 cm³/mol. The number of hydrogen-bond acceptors (Lipinski definition) is 2. The van der Waals surface area contributed by atoms with Gasteiger partial charge in [0.05, 0.1) is 11.8 Å². The summed E-state index contributed by atoms with van der Waals surface area (Å²) in [4.78, 5) is 11.3. The summed E-state index contributed by atoms with van der Waals surface area (Å²) in [7, 11) is 0. The van der Waals surface area contributed by atoms with E-state index in [1.807, 2.05) is 0 Å². The second kappa shape index (κ2) is 6.27. The van der Waals surface area contributed by atoms with Gasteiger partial charge in [-0.15, -0.1) is 0 Å². The molecular weight excluding hydrogens is 302 g/mol. The van der Waals surface area contributed by atoms with Crippen LogP contribution in [0.25, 0.3) is 0 Å². The molecule has 1 aliphatic rings. The zero-order valence-electron chi connectivity index (χ0n) is 11.4. The maximum absolute atomic E-state index is 12.8. The average molecular weight is 318 g/mol. The van der Waals surface area contributed by atoms with Gasteiger partial charge in [0.2, 0.25) is 0 Å². The first-order chi connectivity index (χ1) is 9.43. The molecule has 2 unspecified atom stereocenters. The summed E-state index contributed by atoms with van der Waals surface area (Å²) in [6.07, 6.45) is -12.7. The fourth-order valence-electron chi connectivity index (χ4n) is 2.43. The molecule has 122 valence electrons. The second-order valence-corrected chi connectivity index (χ2v) is 5.26. The van der Waals surface area contributed by atoms with Crippen molar-refractivity contribution in [2.75, 3.05) is 0 Å². The first-order valence-corrected chi connectivity index (χ1v) is 6.43. The number of hydrogen-bond donors (Lipinski definition) is 0. The quantitative estimate of drug-likeness (QED) is 0.326. The fraction of sp³-hybridized carbons (Fsp3) is 0.769. The maximum Gasteiger partial charge on any atom is 0.392 e. The minimum Gasteiger partial charge on any atom is -0.459 e. The average Bonchev–Trinajstić information content (AvgIpc) is 2.49. The van der Waals surface area contributed by atoms with Crippen molar-refractivity contribution in [2.45, 2.75) is 51.1 Å². The molecule has 0 aromatic carbocycles. The topological polar surface area (TPSA) is 26.3 Å². The maximum atomic E-state index is 12.8. The van der Waals surface area contributed by atoms with Crippen molar-refractivity contribution in [1.29, 1.82) is 0 Å². The number of carbonyl (C=O) groups is 1. The highest BCUT2D eigenvalue weighted by molar-refractivity contribution is 5.87. The van der Waals surface area contributed by atoms with Gasteiger partial charge >= 0.3 is 18.3 Å². The summed E-state index contributed by atoms with van der Waals surface area (Å²) in [5.41, 5.74) is 0.0546. The van der Waals surface area contributed by atoms with Crippen LogP contribution in [-0.2, 0) is 9.53 Å². The van der Waals surface area contributed by atoms with E-state index in [-0.39, 0.29) is 18.4 Å². The van der Waals surface area contributed by atoms with Crippen molar-refractivity contribution in [3.63, 3.8) is 0 Å². The molecule has 21 heavy (non-hydrogen) atoms. The summed E-state index contributed by atoms with van der Waals surface area (Å²) in [6, 6.07) is 0. The lowest BCUT2D eigenvalue weighted by atomic mass is 9.87. The smallest absolute Gasteiger partial charge is 0.392 e. The Labute approximate surface area is 118 Å². The molecule has 1 fully saturated rings. The van der Waals surface area contributed by atoms with Gasteiger partial charge in [-0.25, -0.2) is 4.79 Å². The van der Waals surface area contributed by atoms with Crippen LogP contribution in [0, 0.1) is 11.8 Å². The third-order valence-corrected chi connectivity index (χ3v) is 3.55. The van der Waals surface area contributed by atoms with Crippen molar-refractivity contribution in [3.05, 3.63) is 12.2 Å². The van der Waals surface area contributed by atoms with Crippen LogP contribution in [0.1, 0.15) is 32.6 Å². The molecule has 0 aromatic rings. The Bertz CT molecular complexity index is 374. The van der Waals surface area contributed by atoms with Crippen molar-refractivity contribution in [3.8, 4) is 0 Å². The monoisotopic (exact) mass is 318 g/mol. The van der Waals surface area contributed by atoms with Crippen molar-refractivity contribution >= 4 is 5.97 Å². The van der Waals surface area contributed by atoms with Crippen LogP contribution < -0.4 is 0 Å². The lowest BCUT2D eigenvalue weighted by Gasteiger charge is -2.28. The number of ether oxygens (including phenoxy) is 1. The first-order valence-electron chi connectivity index (χ1n) is 6.43. The molecule has 0 heterocycles. The lowest BCUT2D eigenvalue weighted by Crippen LogP contribution is -2.38. The minimum absolute atomic E-state index is 0.0546. The van der Waals surface area contributed by atoms with Gasteiger partial charge in [0, 0.05) is 5.57 Å². The number of alkyl halides is 6. The van der Waals surface area contributed by atoms with Crippen LogP contribution in [0.3, 0.4) is 0 Å². The van der Waals surface area contributed by atoms with Gasteiger partial charge in [-0.2, -0.15) is 26.3 Å². The number of esters is 1. The van der Waals surface area contributed by atoms with E-state index >= 15 is 0 Å². The Hall–Kier alpha value is -1.21. The third-order valence-electron chi connectivity index (χ3n) is 3.55. The van der Waals surface area contributed by atoms with Crippen molar-refractivity contribution < 1.29 is 35.9 Å². The van der Waals surface area contributed by atoms with Crippen molar-refractivity contribution in [2.24, 2.45) is 11.8 Å². The van der Waals surface area contributed by atoms with Gasteiger partial charge in [-0.1, -0.05) is 6.58 Å². The molecule has 0 aromatic heterocycles. The number of halogens is 6. The molecule has 1 rings (SSSR count). The molecule has 2 atom stereocenters. The van der Waals surface area contributed by atoms with Crippen LogP contribution in [0.4, 0.5) is 26.3 Å². The van der Waals surface area contributed by atoms with Crippen LogP contribution in [-0.4, -0.2) is 24.4 Å². The lowest BCUT2D eigenvalue weighted by molar-refractivity contribution is -0.254. The van der Waals surface area contributed by atoms with Gasteiger partial charge in [-0.3, -0.25) is 0 Å². The van der Waals surface area contributed by atoms with Gasteiger partial charge in [0.1, 0.15) is 6.10 Å². The van der Waals surface area contributed by atoms with E-state index in [9.17, 15) is 31.1 Å². The van der Waals surface area contributed by atoms with E-state index in [0.717, 1.165) is 0 Å². The van der Waals surface area contributed by atoms with E-state index < -0.39 is 49.1 Å². The fourth-order valence-corrected chi connectivity index (χ4v) is 2.43. The molecule has 0 saturated heterocycles. The van der Waals surface area contributed by atoms with Gasteiger partial charge in [0.25, 0.3) is 0 Å². The zero-order valence-corrected chi connectivity index (χ0v) is 11.4. The van der Waals surface area contributed by atoms with Gasteiger partial charge in [0.15, 0.2) is 0 Å². The Morgan fingerprint density at radius 2 is 1.33 bits per heavy atom. The second-order valence-electron chi connectivity index (χ2n) is 5.26. The van der Waals surface area contributed by atoms with Gasteiger partial charge < -0.3 is 4.74 Å². The Balaban J connectivity index is 2.85. The van der Waals surface area contributed by atoms with Crippen molar-refractivity contribution in [1.82, 2.24) is 0 Å². The molecule has 1 aliphatic carbocycles. The minimum atomic E-state index is -4.92. The standard InChI is InChI=1S/C13H16F6O2/c1-7(2)11(20)21-8-3-5-9(12(14,15)16)10(6-4-8)13(17,18)19/h8-10H,1,3-6H2,2H3. The molecule has 0 spiro atoms. The zero-order chi connectivity index (χ0) is 16.4. The summed E-state index contributed by atoms with van der Waals surface area (Å²) >= 11 is 0. The van der Waals surface area contributed by atoms with Gasteiger partial charge in [-0.05, 0) is 32.6 Å². The third kappa shape index (κ3) is 4.93. The molecule has 0 amide bonds. The molecule has 8 heteroatoms.